The molecule has 0 unspecified atom stereocenters. The summed E-state index contributed by atoms with van der Waals surface area (Å²) in [5, 5.41) is 26.3. The largest absolute Gasteiger partial charge is 0.550 e. The van der Waals surface area contributed by atoms with Gasteiger partial charge >= 0.3 is 0 Å². The third-order valence-corrected chi connectivity index (χ3v) is 3.64. The van der Waals surface area contributed by atoms with Gasteiger partial charge in [-0.05, 0) is 12.1 Å². The quantitative estimate of drug-likeness (QED) is 0.638. The molecule has 0 aliphatic heterocycles. The van der Waals surface area contributed by atoms with E-state index >= 15 is 0 Å². The van der Waals surface area contributed by atoms with Crippen LogP contribution in [0.25, 0.3) is 21.8 Å². The van der Waals surface area contributed by atoms with Crippen LogP contribution in [0.3, 0.4) is 0 Å². The lowest BCUT2D eigenvalue weighted by molar-refractivity contribution is -0.316. The van der Waals surface area contributed by atoms with Gasteiger partial charge in [-0.2, -0.15) is 0 Å². The van der Waals surface area contributed by atoms with Crippen LogP contribution in [0.1, 0.15) is 6.42 Å². The highest BCUT2D eigenvalue weighted by atomic mass is 16.4. The van der Waals surface area contributed by atoms with Gasteiger partial charge in [0.1, 0.15) is 0 Å². The molecule has 6 nitrogen and oxygen atoms in total. The summed E-state index contributed by atoms with van der Waals surface area (Å²) >= 11 is 0. The number of hydrogen-bond acceptors (Lipinski definition) is 5. The Morgan fingerprint density at radius 1 is 0.957 bits per heavy atom. The summed E-state index contributed by atoms with van der Waals surface area (Å²) in [6.07, 6.45) is -0.677. The van der Waals surface area contributed by atoms with E-state index in [1.165, 1.54) is 0 Å². The van der Waals surface area contributed by atoms with E-state index in [0.717, 1.165) is 21.8 Å². The first-order valence-corrected chi connectivity index (χ1v) is 7.06. The van der Waals surface area contributed by atoms with Crippen molar-refractivity contribution in [1.82, 2.24) is 0 Å². The lowest BCUT2D eigenvalue weighted by Gasteiger charge is -2.22. The van der Waals surface area contributed by atoms with Crippen molar-refractivity contribution in [1.29, 1.82) is 0 Å². The number of fused-ring (bicyclic) bond motifs is 2. The number of aliphatic carboxylic acids is 2. The molecule has 116 valence electrons. The van der Waals surface area contributed by atoms with Gasteiger partial charge < -0.3 is 25.1 Å². The number of rotatable bonds is 5. The predicted molar refractivity (Wildman–Crippen MR) is 80.1 cm³/mol. The van der Waals surface area contributed by atoms with Gasteiger partial charge in [0.25, 0.3) is 0 Å². The molecular formula is C17H13N2O4-. The number of aromatic amines is 1. The third kappa shape index (κ3) is 2.91. The zero-order valence-corrected chi connectivity index (χ0v) is 12.0. The summed E-state index contributed by atoms with van der Waals surface area (Å²) in [5.41, 5.74) is 2.16. The van der Waals surface area contributed by atoms with Crippen LogP contribution in [0.15, 0.2) is 48.5 Å². The molecule has 2 N–H and O–H groups in total. The zero-order chi connectivity index (χ0) is 16.4. The average molecular weight is 309 g/mol. The van der Waals surface area contributed by atoms with Crippen LogP contribution in [0.2, 0.25) is 0 Å². The number of H-pyrrole nitrogens is 1. The smallest absolute Gasteiger partial charge is 0.213 e. The number of nitrogens with one attached hydrogen (secondary N) is 2. The van der Waals surface area contributed by atoms with Gasteiger partial charge in [0.15, 0.2) is 0 Å². The summed E-state index contributed by atoms with van der Waals surface area (Å²) < 4.78 is 0. The molecule has 1 heterocycles. The van der Waals surface area contributed by atoms with Crippen LogP contribution < -0.4 is 20.5 Å². The highest BCUT2D eigenvalue weighted by Gasteiger charge is 2.17. The van der Waals surface area contributed by atoms with E-state index in [-0.39, 0.29) is 0 Å². The van der Waals surface area contributed by atoms with Crippen molar-refractivity contribution in [2.24, 2.45) is 0 Å². The first kappa shape index (κ1) is 14.8. The van der Waals surface area contributed by atoms with Gasteiger partial charge in [-0.1, -0.05) is 24.3 Å². The van der Waals surface area contributed by atoms with Crippen molar-refractivity contribution < 1.29 is 24.8 Å². The zero-order valence-electron chi connectivity index (χ0n) is 12.0. The SMILES string of the molecule is O=C([O-])C[C@@H](Nc1c2ccccc2[nH+]c2ccccc12)C(=O)[O-]. The first-order chi connectivity index (χ1) is 11.1. The number of aromatic nitrogens is 1. The summed E-state index contributed by atoms with van der Waals surface area (Å²) in [5.74, 6) is -2.95. The Kier molecular flexibility index (Phi) is 3.80. The molecule has 0 radical (unpaired) electrons. The second-order valence-corrected chi connectivity index (χ2v) is 5.18. The Morgan fingerprint density at radius 3 is 1.96 bits per heavy atom. The van der Waals surface area contributed by atoms with E-state index in [4.69, 9.17) is 0 Å². The Hall–Kier alpha value is -3.15. The molecule has 3 rings (SSSR count). The molecule has 3 aromatic rings. The van der Waals surface area contributed by atoms with Gasteiger partial charge in [0.05, 0.1) is 28.5 Å². The maximum atomic E-state index is 11.2. The molecule has 1 aromatic heterocycles. The minimum atomic E-state index is -1.49. The molecule has 0 saturated heterocycles. The van der Waals surface area contributed by atoms with Crippen LogP contribution in [0, 0.1) is 0 Å². The number of benzene rings is 2. The normalized spacial score (nSPS) is 12.2. The van der Waals surface area contributed by atoms with Crippen molar-refractivity contribution in [3.05, 3.63) is 48.5 Å². The van der Waals surface area contributed by atoms with Gasteiger partial charge in [-0.15, -0.1) is 0 Å². The van der Waals surface area contributed by atoms with Gasteiger partial charge in [-0.3, -0.25) is 0 Å². The van der Waals surface area contributed by atoms with Gasteiger partial charge in [-0.25, -0.2) is 4.98 Å². The van der Waals surface area contributed by atoms with Crippen molar-refractivity contribution >= 4 is 39.4 Å². The van der Waals surface area contributed by atoms with E-state index in [1.54, 1.807) is 0 Å². The Balaban J connectivity index is 2.19. The van der Waals surface area contributed by atoms with Crippen LogP contribution in [-0.2, 0) is 9.59 Å². The number of hydrogen-bond donors (Lipinski definition) is 1. The number of carbonyl (C=O) groups is 2. The van der Waals surface area contributed by atoms with E-state index in [9.17, 15) is 19.8 Å². The van der Waals surface area contributed by atoms with Crippen molar-refractivity contribution in [3.8, 4) is 0 Å². The fraction of sp³-hybridized carbons (Fsp3) is 0.118. The van der Waals surface area contributed by atoms with E-state index in [2.05, 4.69) is 10.3 Å². The predicted octanol–water partition coefficient (Wildman–Crippen LogP) is -0.523. The summed E-state index contributed by atoms with van der Waals surface area (Å²) in [6.45, 7) is 0. The number of carboxylic acids is 2. The van der Waals surface area contributed by atoms with Crippen LogP contribution >= 0.6 is 0 Å². The first-order valence-electron chi connectivity index (χ1n) is 7.06. The molecule has 0 amide bonds. The van der Waals surface area contributed by atoms with E-state index < -0.39 is 24.4 Å². The molecule has 0 saturated carbocycles. The molecule has 0 bridgehead atoms. The van der Waals surface area contributed by atoms with Gasteiger partial charge in [0.2, 0.25) is 11.0 Å². The summed E-state index contributed by atoms with van der Waals surface area (Å²) in [6, 6.07) is 13.3. The third-order valence-electron chi connectivity index (χ3n) is 3.64. The number of pyridine rings is 1. The average Bonchev–Trinajstić information content (AvgIpc) is 2.53. The number of carbonyl (C=O) groups excluding carboxylic acids is 2. The van der Waals surface area contributed by atoms with Gasteiger partial charge in [0, 0.05) is 24.5 Å². The number of anilines is 1. The summed E-state index contributed by atoms with van der Waals surface area (Å²) in [4.78, 5) is 25.3. The minimum Gasteiger partial charge on any atom is -0.550 e. The second kappa shape index (κ2) is 5.92. The van der Waals surface area contributed by atoms with Crippen molar-refractivity contribution in [2.45, 2.75) is 12.5 Å². The standard InChI is InChI=1S/C17H14N2O4/c20-15(21)9-14(17(22)23)19-16-10-5-1-3-7-12(10)18-13-8-4-2-6-11(13)16/h1-8,14H,9H2,(H,18,19)(H,20,21)(H,22,23)/p-1/t14-/m1/s1. The fourth-order valence-electron chi connectivity index (χ4n) is 2.60. The Labute approximate surface area is 131 Å². The van der Waals surface area contributed by atoms with E-state index in [1.807, 2.05) is 48.5 Å². The molecular weight excluding hydrogens is 296 g/mol. The maximum Gasteiger partial charge on any atom is 0.213 e. The van der Waals surface area contributed by atoms with Crippen molar-refractivity contribution in [3.63, 3.8) is 0 Å². The molecule has 6 heteroatoms. The molecule has 0 aliphatic carbocycles. The topological polar surface area (TPSA) is 106 Å². The highest BCUT2D eigenvalue weighted by molar-refractivity contribution is 6.05. The van der Waals surface area contributed by atoms with Crippen LogP contribution in [0.5, 0.6) is 0 Å². The molecule has 23 heavy (non-hydrogen) atoms. The number of carboxylic acid groups (broad SMARTS) is 2. The second-order valence-electron chi connectivity index (χ2n) is 5.18. The Bertz CT molecular complexity index is 853. The van der Waals surface area contributed by atoms with E-state index in [0.29, 0.717) is 5.69 Å². The molecule has 0 fully saturated rings. The lowest BCUT2D eigenvalue weighted by atomic mass is 10.1. The van der Waals surface area contributed by atoms with Crippen molar-refractivity contribution in [2.75, 3.05) is 5.32 Å². The maximum absolute atomic E-state index is 11.2. The summed E-state index contributed by atoms with van der Waals surface area (Å²) in [7, 11) is 0. The lowest BCUT2D eigenvalue weighted by Crippen LogP contribution is -2.44. The van der Waals surface area contributed by atoms with Crippen LogP contribution in [-0.4, -0.2) is 18.0 Å². The molecule has 2 aromatic carbocycles. The molecule has 1 atom stereocenters. The Morgan fingerprint density at radius 2 is 1.48 bits per heavy atom. The highest BCUT2D eigenvalue weighted by Crippen LogP contribution is 2.29. The monoisotopic (exact) mass is 309 g/mol. The molecule has 0 aliphatic rings. The fourth-order valence-corrected chi connectivity index (χ4v) is 2.60. The minimum absolute atomic E-state index is 0.547. The number of para-hydroxylation sites is 2. The molecule has 0 spiro atoms. The van der Waals surface area contributed by atoms with Crippen LogP contribution in [0.4, 0.5) is 5.69 Å².